The number of carbonyl (C=O) groups excluding carboxylic acids is 1. The number of halogens is 1. The van der Waals surface area contributed by atoms with Gasteiger partial charge in [-0.15, -0.1) is 0 Å². The summed E-state index contributed by atoms with van der Waals surface area (Å²) in [5.74, 6) is 0.521. The molecule has 2 aromatic rings. The average Bonchev–Trinajstić information content (AvgIpc) is 3.21. The molecule has 0 amide bonds. The van der Waals surface area contributed by atoms with E-state index in [0.717, 1.165) is 24.0 Å². The van der Waals surface area contributed by atoms with Crippen LogP contribution in [0.25, 0.3) is 11.5 Å². The number of rotatable bonds is 4. The van der Waals surface area contributed by atoms with Crippen LogP contribution in [0.1, 0.15) is 47.5 Å². The smallest absolute Gasteiger partial charge is 0.376 e. The van der Waals surface area contributed by atoms with Gasteiger partial charge < -0.3 is 9.15 Å². The third kappa shape index (κ3) is 2.68. The Morgan fingerprint density at radius 2 is 2.24 bits per heavy atom. The van der Waals surface area contributed by atoms with Gasteiger partial charge in [0.05, 0.1) is 12.3 Å². The van der Waals surface area contributed by atoms with Crippen LogP contribution in [0.5, 0.6) is 0 Å². The van der Waals surface area contributed by atoms with E-state index in [1.807, 2.05) is 25.1 Å². The number of esters is 1. The van der Waals surface area contributed by atoms with E-state index in [1.54, 1.807) is 6.92 Å². The number of benzene rings is 1. The van der Waals surface area contributed by atoms with Crippen molar-refractivity contribution in [3.63, 3.8) is 0 Å². The molecule has 3 rings (SSSR count). The van der Waals surface area contributed by atoms with Crippen LogP contribution in [-0.2, 0) is 4.74 Å². The van der Waals surface area contributed by atoms with Crippen molar-refractivity contribution in [2.75, 3.05) is 6.61 Å². The highest BCUT2D eigenvalue weighted by molar-refractivity contribution is 6.31. The van der Waals surface area contributed by atoms with Crippen molar-refractivity contribution >= 4 is 17.6 Å². The highest BCUT2D eigenvalue weighted by Crippen LogP contribution is 2.43. The minimum Gasteiger partial charge on any atom is -0.460 e. The summed E-state index contributed by atoms with van der Waals surface area (Å²) >= 11 is 6.14. The van der Waals surface area contributed by atoms with Crippen molar-refractivity contribution < 1.29 is 13.9 Å². The van der Waals surface area contributed by atoms with Gasteiger partial charge in [0.2, 0.25) is 11.7 Å². The molecule has 110 valence electrons. The van der Waals surface area contributed by atoms with Gasteiger partial charge in [-0.1, -0.05) is 17.7 Å². The monoisotopic (exact) mass is 305 g/mol. The number of nitrogens with zero attached hydrogens (tertiary/aromatic N) is 1. The number of hydrogen-bond acceptors (Lipinski definition) is 4. The Kier molecular flexibility index (Phi) is 3.72. The summed E-state index contributed by atoms with van der Waals surface area (Å²) in [7, 11) is 0. The molecule has 0 N–H and O–H groups in total. The molecule has 1 saturated carbocycles. The second-order valence-corrected chi connectivity index (χ2v) is 5.55. The van der Waals surface area contributed by atoms with Gasteiger partial charge in [-0.05, 0) is 44.4 Å². The first-order valence-electron chi connectivity index (χ1n) is 7.05. The molecule has 0 spiro atoms. The van der Waals surface area contributed by atoms with Crippen LogP contribution in [0.15, 0.2) is 22.6 Å². The van der Waals surface area contributed by atoms with Crippen LogP contribution in [0.2, 0.25) is 5.02 Å². The SMILES string of the molecule is CCOC(=O)c1oc(-c2cccc(Cl)c2C)nc1C1CC1. The van der Waals surface area contributed by atoms with E-state index in [2.05, 4.69) is 4.98 Å². The zero-order valence-electron chi connectivity index (χ0n) is 12.0. The van der Waals surface area contributed by atoms with Gasteiger partial charge in [0.25, 0.3) is 0 Å². The second-order valence-electron chi connectivity index (χ2n) is 5.14. The maximum Gasteiger partial charge on any atom is 0.376 e. The van der Waals surface area contributed by atoms with Crippen LogP contribution in [-0.4, -0.2) is 17.6 Å². The molecule has 1 aromatic carbocycles. The van der Waals surface area contributed by atoms with Gasteiger partial charge in [-0.2, -0.15) is 0 Å². The quantitative estimate of drug-likeness (QED) is 0.788. The number of oxazole rings is 1. The summed E-state index contributed by atoms with van der Waals surface area (Å²) in [6, 6.07) is 5.55. The minimum atomic E-state index is -0.446. The molecule has 1 fully saturated rings. The predicted molar refractivity (Wildman–Crippen MR) is 79.6 cm³/mol. The molecular formula is C16H16ClNO3. The molecular weight excluding hydrogens is 290 g/mol. The number of carbonyl (C=O) groups is 1. The predicted octanol–water partition coefficient (Wildman–Crippen LogP) is 4.36. The maximum atomic E-state index is 12.0. The lowest BCUT2D eigenvalue weighted by atomic mass is 10.1. The highest BCUT2D eigenvalue weighted by atomic mass is 35.5. The first-order valence-corrected chi connectivity index (χ1v) is 7.43. The molecule has 21 heavy (non-hydrogen) atoms. The zero-order chi connectivity index (χ0) is 15.0. The molecule has 1 heterocycles. The van der Waals surface area contributed by atoms with Crippen molar-refractivity contribution in [2.45, 2.75) is 32.6 Å². The van der Waals surface area contributed by atoms with Gasteiger partial charge in [-0.3, -0.25) is 0 Å². The molecule has 1 aliphatic rings. The molecule has 0 bridgehead atoms. The number of aromatic nitrogens is 1. The molecule has 0 aliphatic heterocycles. The van der Waals surface area contributed by atoms with E-state index in [4.69, 9.17) is 20.8 Å². The molecule has 4 nitrogen and oxygen atoms in total. The largest absolute Gasteiger partial charge is 0.460 e. The van der Waals surface area contributed by atoms with Crippen LogP contribution in [0.3, 0.4) is 0 Å². The standard InChI is InChI=1S/C16H16ClNO3/c1-3-20-16(19)14-13(10-7-8-10)18-15(21-14)11-5-4-6-12(17)9(11)2/h4-6,10H,3,7-8H2,1-2H3. The molecule has 0 unspecified atom stereocenters. The fraction of sp³-hybridized carbons (Fsp3) is 0.375. The van der Waals surface area contributed by atoms with Crippen LogP contribution in [0, 0.1) is 6.92 Å². The fourth-order valence-corrected chi connectivity index (χ4v) is 2.44. The summed E-state index contributed by atoms with van der Waals surface area (Å²) in [6.45, 7) is 3.99. The Balaban J connectivity index is 2.06. The molecule has 1 aromatic heterocycles. The van der Waals surface area contributed by atoms with Gasteiger partial charge >= 0.3 is 5.97 Å². The van der Waals surface area contributed by atoms with E-state index in [0.29, 0.717) is 29.1 Å². The number of hydrogen-bond donors (Lipinski definition) is 0. The van der Waals surface area contributed by atoms with E-state index in [9.17, 15) is 4.79 Å². The van der Waals surface area contributed by atoms with Gasteiger partial charge in [0.15, 0.2) is 0 Å². The Labute approximate surface area is 128 Å². The maximum absolute atomic E-state index is 12.0. The average molecular weight is 306 g/mol. The Morgan fingerprint density at radius 3 is 2.90 bits per heavy atom. The van der Waals surface area contributed by atoms with Crippen LogP contribution >= 0.6 is 11.6 Å². The summed E-state index contributed by atoms with van der Waals surface area (Å²) in [5, 5.41) is 0.649. The zero-order valence-corrected chi connectivity index (χ0v) is 12.7. The van der Waals surface area contributed by atoms with Crippen molar-refractivity contribution in [1.82, 2.24) is 4.98 Å². The van der Waals surface area contributed by atoms with E-state index >= 15 is 0 Å². The third-order valence-corrected chi connectivity index (χ3v) is 3.99. The Hall–Kier alpha value is -1.81. The van der Waals surface area contributed by atoms with E-state index in [1.165, 1.54) is 0 Å². The van der Waals surface area contributed by atoms with Crippen molar-refractivity contribution in [2.24, 2.45) is 0 Å². The van der Waals surface area contributed by atoms with Crippen molar-refractivity contribution in [1.29, 1.82) is 0 Å². The molecule has 5 heteroatoms. The first-order chi connectivity index (χ1) is 10.1. The second kappa shape index (κ2) is 5.53. The lowest BCUT2D eigenvalue weighted by Crippen LogP contribution is -2.05. The van der Waals surface area contributed by atoms with Crippen LogP contribution in [0.4, 0.5) is 0 Å². The fourth-order valence-electron chi connectivity index (χ4n) is 2.26. The van der Waals surface area contributed by atoms with Crippen LogP contribution < -0.4 is 0 Å². The lowest BCUT2D eigenvalue weighted by Gasteiger charge is -2.02. The summed E-state index contributed by atoms with van der Waals surface area (Å²) in [4.78, 5) is 16.5. The third-order valence-electron chi connectivity index (χ3n) is 3.58. The summed E-state index contributed by atoms with van der Waals surface area (Å²) in [6.07, 6.45) is 2.07. The molecule has 0 saturated heterocycles. The Morgan fingerprint density at radius 1 is 1.48 bits per heavy atom. The molecule has 1 aliphatic carbocycles. The molecule has 0 atom stereocenters. The summed E-state index contributed by atoms with van der Waals surface area (Å²) in [5.41, 5.74) is 2.40. The first kappa shape index (κ1) is 14.1. The topological polar surface area (TPSA) is 52.3 Å². The normalized spacial score (nSPS) is 14.2. The molecule has 0 radical (unpaired) electrons. The van der Waals surface area contributed by atoms with Crippen molar-refractivity contribution in [3.8, 4) is 11.5 Å². The highest BCUT2D eigenvalue weighted by Gasteiger charge is 2.34. The number of ether oxygens (including phenoxy) is 1. The van der Waals surface area contributed by atoms with E-state index in [-0.39, 0.29) is 5.76 Å². The van der Waals surface area contributed by atoms with Crippen molar-refractivity contribution in [3.05, 3.63) is 40.2 Å². The van der Waals surface area contributed by atoms with E-state index < -0.39 is 5.97 Å². The van der Waals surface area contributed by atoms with Gasteiger partial charge in [0, 0.05) is 16.5 Å². The van der Waals surface area contributed by atoms with Gasteiger partial charge in [0.1, 0.15) is 0 Å². The summed E-state index contributed by atoms with van der Waals surface area (Å²) < 4.78 is 10.8. The Bertz CT molecular complexity index is 689. The lowest BCUT2D eigenvalue weighted by molar-refractivity contribution is 0.0489. The van der Waals surface area contributed by atoms with Gasteiger partial charge in [-0.25, -0.2) is 9.78 Å². The minimum absolute atomic E-state index is 0.230.